The molecule has 0 saturated carbocycles. The van der Waals surface area contributed by atoms with E-state index in [1.54, 1.807) is 7.05 Å². The maximum Gasteiger partial charge on any atom is 0.204 e. The molecule has 0 spiro atoms. The first-order chi connectivity index (χ1) is 7.08. The second-order valence-electron chi connectivity index (χ2n) is 3.53. The molecular weight excluding hydrogens is 256 g/mol. The summed E-state index contributed by atoms with van der Waals surface area (Å²) in [6.07, 6.45) is 0. The molecule has 0 amide bonds. The molecule has 4 nitrogen and oxygen atoms in total. The smallest absolute Gasteiger partial charge is 0.167 e. The number of benzene rings is 1. The van der Waals surface area contributed by atoms with Crippen molar-refractivity contribution in [1.82, 2.24) is 20.2 Å². The van der Waals surface area contributed by atoms with Crippen molar-refractivity contribution in [2.75, 3.05) is 0 Å². The van der Waals surface area contributed by atoms with E-state index >= 15 is 0 Å². The van der Waals surface area contributed by atoms with Crippen molar-refractivity contribution in [2.24, 2.45) is 7.05 Å². The maximum absolute atomic E-state index is 4.17. The molecule has 5 heteroatoms. The molecule has 1 heterocycles. The van der Waals surface area contributed by atoms with E-state index in [4.69, 9.17) is 0 Å². The van der Waals surface area contributed by atoms with Gasteiger partial charge in [-0.2, -0.15) is 4.80 Å². The third-order valence-electron chi connectivity index (χ3n) is 2.20. The third-order valence-corrected chi connectivity index (χ3v) is 3.45. The third kappa shape index (κ3) is 1.92. The number of rotatable bonds is 1. The first kappa shape index (κ1) is 10.3. The molecule has 2 rings (SSSR count). The molecule has 0 aliphatic heterocycles. The minimum atomic E-state index is 0.663. The predicted molar refractivity (Wildman–Crippen MR) is 61.4 cm³/mol. The molecule has 78 valence electrons. The fourth-order valence-electron chi connectivity index (χ4n) is 1.47. The van der Waals surface area contributed by atoms with Crippen LogP contribution in [0, 0.1) is 13.8 Å². The summed E-state index contributed by atoms with van der Waals surface area (Å²) in [4.78, 5) is 1.46. The Morgan fingerprint density at radius 3 is 2.27 bits per heavy atom. The predicted octanol–water partition coefficient (Wildman–Crippen LogP) is 2.26. The largest absolute Gasteiger partial charge is 0.204 e. The van der Waals surface area contributed by atoms with Gasteiger partial charge in [-0.15, -0.1) is 10.2 Å². The van der Waals surface area contributed by atoms with E-state index in [0.717, 1.165) is 10.0 Å². The average Bonchev–Trinajstić information content (AvgIpc) is 2.60. The van der Waals surface area contributed by atoms with Gasteiger partial charge < -0.3 is 0 Å². The lowest BCUT2D eigenvalue weighted by Gasteiger charge is -2.04. The van der Waals surface area contributed by atoms with Crippen molar-refractivity contribution >= 4 is 15.9 Å². The van der Waals surface area contributed by atoms with Gasteiger partial charge in [-0.1, -0.05) is 15.9 Å². The molecule has 0 aliphatic rings. The molecule has 2 aromatic rings. The quantitative estimate of drug-likeness (QED) is 0.796. The number of halogens is 1. The standard InChI is InChI=1S/C10H11BrN4/c1-6-4-8(5-7(2)9(6)11)10-12-14-15(3)13-10/h4-5H,1-3H3. The molecule has 0 unspecified atom stereocenters. The van der Waals surface area contributed by atoms with Gasteiger partial charge in [-0.25, -0.2) is 0 Å². The van der Waals surface area contributed by atoms with Crippen LogP contribution in [0.3, 0.4) is 0 Å². The zero-order valence-electron chi connectivity index (χ0n) is 8.82. The number of hydrogen-bond donors (Lipinski definition) is 0. The van der Waals surface area contributed by atoms with E-state index in [1.807, 2.05) is 12.1 Å². The molecule has 0 atom stereocenters. The fourth-order valence-corrected chi connectivity index (χ4v) is 1.70. The topological polar surface area (TPSA) is 43.6 Å². The highest BCUT2D eigenvalue weighted by molar-refractivity contribution is 9.10. The van der Waals surface area contributed by atoms with E-state index in [2.05, 4.69) is 45.2 Å². The molecular formula is C10H11BrN4. The normalized spacial score (nSPS) is 10.7. The Morgan fingerprint density at radius 2 is 1.80 bits per heavy atom. The van der Waals surface area contributed by atoms with Crippen molar-refractivity contribution in [3.63, 3.8) is 0 Å². The van der Waals surface area contributed by atoms with Crippen molar-refractivity contribution in [3.8, 4) is 11.4 Å². The fraction of sp³-hybridized carbons (Fsp3) is 0.300. The molecule has 1 aromatic heterocycles. The Labute approximate surface area is 96.4 Å². The van der Waals surface area contributed by atoms with Crippen molar-refractivity contribution in [1.29, 1.82) is 0 Å². The molecule has 0 saturated heterocycles. The lowest BCUT2D eigenvalue weighted by Crippen LogP contribution is -1.92. The highest BCUT2D eigenvalue weighted by Crippen LogP contribution is 2.26. The lowest BCUT2D eigenvalue weighted by atomic mass is 10.1. The summed E-state index contributed by atoms with van der Waals surface area (Å²) in [5.41, 5.74) is 3.36. The van der Waals surface area contributed by atoms with Gasteiger partial charge >= 0.3 is 0 Å². The van der Waals surface area contributed by atoms with E-state index < -0.39 is 0 Å². The van der Waals surface area contributed by atoms with Gasteiger partial charge in [-0.3, -0.25) is 0 Å². The number of hydrogen-bond acceptors (Lipinski definition) is 3. The SMILES string of the molecule is Cc1cc(-c2nnn(C)n2)cc(C)c1Br. The molecule has 0 N–H and O–H groups in total. The van der Waals surface area contributed by atoms with Gasteiger partial charge in [0.1, 0.15) is 0 Å². The van der Waals surface area contributed by atoms with E-state index in [0.29, 0.717) is 5.82 Å². The van der Waals surface area contributed by atoms with Crippen LogP contribution in [-0.4, -0.2) is 20.2 Å². The van der Waals surface area contributed by atoms with E-state index in [1.165, 1.54) is 15.9 Å². The van der Waals surface area contributed by atoms with E-state index in [9.17, 15) is 0 Å². The number of nitrogens with zero attached hydrogens (tertiary/aromatic N) is 4. The van der Waals surface area contributed by atoms with Gasteiger partial charge in [0, 0.05) is 10.0 Å². The zero-order chi connectivity index (χ0) is 11.0. The molecule has 0 bridgehead atoms. The van der Waals surface area contributed by atoms with E-state index in [-0.39, 0.29) is 0 Å². The Bertz CT molecular complexity index is 481. The second kappa shape index (κ2) is 3.73. The van der Waals surface area contributed by atoms with Crippen LogP contribution >= 0.6 is 15.9 Å². The van der Waals surface area contributed by atoms with Crippen LogP contribution in [0.15, 0.2) is 16.6 Å². The highest BCUT2D eigenvalue weighted by atomic mass is 79.9. The lowest BCUT2D eigenvalue weighted by molar-refractivity contribution is 0.630. The minimum absolute atomic E-state index is 0.663. The molecule has 1 aromatic carbocycles. The van der Waals surface area contributed by atoms with Crippen LogP contribution in [-0.2, 0) is 7.05 Å². The highest BCUT2D eigenvalue weighted by Gasteiger charge is 2.08. The number of tetrazole rings is 1. The average molecular weight is 267 g/mol. The Kier molecular flexibility index (Phi) is 2.56. The number of aromatic nitrogens is 4. The second-order valence-corrected chi connectivity index (χ2v) is 4.32. The van der Waals surface area contributed by atoms with Gasteiger partial charge in [-0.05, 0) is 42.3 Å². The number of aryl methyl sites for hydroxylation is 3. The van der Waals surface area contributed by atoms with Crippen LogP contribution in [0.4, 0.5) is 0 Å². The first-order valence-corrected chi connectivity index (χ1v) is 5.38. The van der Waals surface area contributed by atoms with Gasteiger partial charge in [0.15, 0.2) is 0 Å². The molecule has 0 radical (unpaired) electrons. The van der Waals surface area contributed by atoms with Crippen LogP contribution < -0.4 is 0 Å². The zero-order valence-corrected chi connectivity index (χ0v) is 10.4. The van der Waals surface area contributed by atoms with Crippen LogP contribution in [0.25, 0.3) is 11.4 Å². The summed E-state index contributed by atoms with van der Waals surface area (Å²) in [6, 6.07) is 4.10. The summed E-state index contributed by atoms with van der Waals surface area (Å²) >= 11 is 3.53. The van der Waals surface area contributed by atoms with Crippen molar-refractivity contribution < 1.29 is 0 Å². The summed E-state index contributed by atoms with van der Waals surface area (Å²) in [5, 5.41) is 12.0. The van der Waals surface area contributed by atoms with Crippen molar-refractivity contribution in [2.45, 2.75) is 13.8 Å². The Balaban J connectivity index is 2.55. The maximum atomic E-state index is 4.17. The summed E-state index contributed by atoms with van der Waals surface area (Å²) in [7, 11) is 1.76. The minimum Gasteiger partial charge on any atom is -0.167 e. The summed E-state index contributed by atoms with van der Waals surface area (Å²) in [6.45, 7) is 4.11. The molecule has 0 fully saturated rings. The molecule has 15 heavy (non-hydrogen) atoms. The van der Waals surface area contributed by atoms with Gasteiger partial charge in [0.2, 0.25) is 5.82 Å². The van der Waals surface area contributed by atoms with Gasteiger partial charge in [0.25, 0.3) is 0 Å². The van der Waals surface area contributed by atoms with Crippen molar-refractivity contribution in [3.05, 3.63) is 27.7 Å². The van der Waals surface area contributed by atoms with Crippen LogP contribution in [0.1, 0.15) is 11.1 Å². The van der Waals surface area contributed by atoms with Gasteiger partial charge in [0.05, 0.1) is 7.05 Å². The summed E-state index contributed by atoms with van der Waals surface area (Å²) < 4.78 is 1.13. The van der Waals surface area contributed by atoms with Crippen LogP contribution in [0.5, 0.6) is 0 Å². The molecule has 0 aliphatic carbocycles. The summed E-state index contributed by atoms with van der Waals surface area (Å²) in [5.74, 6) is 0.663. The van der Waals surface area contributed by atoms with Crippen LogP contribution in [0.2, 0.25) is 0 Å². The monoisotopic (exact) mass is 266 g/mol. The first-order valence-electron chi connectivity index (χ1n) is 4.59. The Morgan fingerprint density at radius 1 is 1.20 bits per heavy atom. The Hall–Kier alpha value is -1.23.